The van der Waals surface area contributed by atoms with Crippen molar-refractivity contribution in [3.8, 4) is 5.75 Å². The number of carbonyl (C=O) groups is 2. The molecular weight excluding hydrogens is 676 g/mol. The van der Waals surface area contributed by atoms with E-state index in [0.717, 1.165) is 62.2 Å². The lowest BCUT2D eigenvalue weighted by Gasteiger charge is -2.43. The highest BCUT2D eigenvalue weighted by molar-refractivity contribution is 7.76. The van der Waals surface area contributed by atoms with Gasteiger partial charge in [0.2, 0.25) is 0 Å². The molecular formula is C38H49ClN4O6S. The van der Waals surface area contributed by atoms with E-state index in [1.165, 1.54) is 11.1 Å². The van der Waals surface area contributed by atoms with E-state index in [1.54, 1.807) is 13.2 Å². The maximum atomic E-state index is 13.9. The fraction of sp³-hybridized carbons (Fsp3) is 0.579. The van der Waals surface area contributed by atoms with Crippen LogP contribution in [0.15, 0.2) is 52.9 Å². The van der Waals surface area contributed by atoms with E-state index in [9.17, 15) is 13.8 Å². The molecule has 0 radical (unpaired) electrons. The Morgan fingerprint density at radius 2 is 2.00 bits per heavy atom. The summed E-state index contributed by atoms with van der Waals surface area (Å²) in [6, 6.07) is 11.1. The Hall–Kier alpha value is -3.12. The number of nitrogens with one attached hydrogen (secondary N) is 2. The molecule has 3 aliphatic heterocycles. The number of nitrogens with zero attached hydrogens (tertiary/aromatic N) is 2. The number of urea groups is 1. The van der Waals surface area contributed by atoms with Gasteiger partial charge in [-0.05, 0) is 111 Å². The minimum absolute atomic E-state index is 0.0115. The van der Waals surface area contributed by atoms with E-state index in [1.807, 2.05) is 25.1 Å². The minimum Gasteiger partial charge on any atom is -0.491 e. The first-order valence-electron chi connectivity index (χ1n) is 18.1. The van der Waals surface area contributed by atoms with Gasteiger partial charge < -0.3 is 29.7 Å². The normalized spacial score (nSPS) is 33.7. The Bertz CT molecular complexity index is 1710. The van der Waals surface area contributed by atoms with Crippen molar-refractivity contribution in [3.63, 3.8) is 0 Å². The fourth-order valence-electron chi connectivity index (χ4n) is 8.11. The first kappa shape index (κ1) is 35.3. The molecule has 2 bridgehead atoms. The largest absolute Gasteiger partial charge is 0.491 e. The van der Waals surface area contributed by atoms with Crippen LogP contribution >= 0.6 is 11.6 Å². The molecule has 10 nitrogen and oxygen atoms in total. The van der Waals surface area contributed by atoms with Gasteiger partial charge in [-0.3, -0.25) is 9.00 Å². The lowest BCUT2D eigenvalue weighted by atomic mass is 9.70. The summed E-state index contributed by atoms with van der Waals surface area (Å²) < 4.78 is 36.1. The molecule has 1 spiro atoms. The molecule has 1 saturated heterocycles. The van der Waals surface area contributed by atoms with Gasteiger partial charge >= 0.3 is 6.03 Å². The van der Waals surface area contributed by atoms with E-state index in [4.69, 9.17) is 25.8 Å². The zero-order valence-corrected chi connectivity index (χ0v) is 30.6. The van der Waals surface area contributed by atoms with Crippen molar-refractivity contribution in [2.24, 2.45) is 27.5 Å². The molecule has 50 heavy (non-hydrogen) atoms. The van der Waals surface area contributed by atoms with Crippen molar-refractivity contribution in [2.45, 2.75) is 82.4 Å². The zero-order chi connectivity index (χ0) is 34.8. The maximum Gasteiger partial charge on any atom is 0.316 e. The summed E-state index contributed by atoms with van der Waals surface area (Å²) in [6.07, 6.45) is 11.3. The number of amides is 3. The van der Waals surface area contributed by atoms with Gasteiger partial charge in [0.25, 0.3) is 5.91 Å². The number of benzene rings is 2. The van der Waals surface area contributed by atoms with Gasteiger partial charge in [-0.1, -0.05) is 36.7 Å². The van der Waals surface area contributed by atoms with Crippen LogP contribution < -0.4 is 20.3 Å². The van der Waals surface area contributed by atoms with Gasteiger partial charge in [-0.15, -0.1) is 0 Å². The van der Waals surface area contributed by atoms with E-state index in [-0.39, 0.29) is 23.5 Å². The number of methoxy groups -OCH3 is 1. The topological polar surface area (TPSA) is 119 Å². The Morgan fingerprint density at radius 1 is 1.12 bits per heavy atom. The number of allylic oxidation sites excluding steroid dienone is 1. The van der Waals surface area contributed by atoms with E-state index in [0.29, 0.717) is 55.9 Å². The third kappa shape index (κ3) is 7.71. The number of aryl methyl sites for hydroxylation is 1. The molecule has 2 aromatic rings. The summed E-state index contributed by atoms with van der Waals surface area (Å²) in [5.74, 6) is 0.540. The molecule has 7 rings (SSSR count). The monoisotopic (exact) mass is 724 g/mol. The van der Waals surface area contributed by atoms with Gasteiger partial charge in [0.05, 0.1) is 35.6 Å². The second-order valence-corrected chi connectivity index (χ2v) is 16.6. The molecule has 0 aromatic heterocycles. The summed E-state index contributed by atoms with van der Waals surface area (Å²) in [5, 5.41) is 5.87. The molecule has 2 saturated carbocycles. The molecule has 3 unspecified atom stereocenters. The number of carbonyl (C=O) groups excluding carboxylic acids is 2. The summed E-state index contributed by atoms with van der Waals surface area (Å²) in [4.78, 5) is 29.3. The highest BCUT2D eigenvalue weighted by Crippen LogP contribution is 2.52. The number of hydrogen-bond donors (Lipinski definition) is 3. The van der Waals surface area contributed by atoms with Gasteiger partial charge in [0, 0.05) is 48.8 Å². The van der Waals surface area contributed by atoms with Crippen molar-refractivity contribution in [2.75, 3.05) is 38.4 Å². The van der Waals surface area contributed by atoms with Crippen molar-refractivity contribution in [3.05, 3.63) is 70.3 Å². The highest BCUT2D eigenvalue weighted by Gasteiger charge is 2.57. The molecule has 3 fully saturated rings. The molecule has 270 valence electrons. The number of ether oxygens (including phenoxy) is 3. The Morgan fingerprint density at radius 3 is 2.78 bits per heavy atom. The van der Waals surface area contributed by atoms with Gasteiger partial charge in [-0.2, -0.15) is 4.36 Å². The van der Waals surface area contributed by atoms with Gasteiger partial charge in [0.15, 0.2) is 0 Å². The number of thiol groups is 1. The first-order chi connectivity index (χ1) is 24.2. The zero-order valence-electron chi connectivity index (χ0n) is 28.9. The SMILES string of the molecule is CO[C@H]1/C=C/C[C@H](C)C(NC(=O)N[C@@H]2CC23CCOC3)/[SH](=O)=N\C(=O)c2ccc3c(c2)N(Cc2ccc(Cl)cc2CCCCO3)C[C@@H]2CC[C@H]21. The third-order valence-corrected chi connectivity index (χ3v) is 13.2. The molecule has 8 atom stereocenters. The Labute approximate surface area is 301 Å². The van der Waals surface area contributed by atoms with Crippen LogP contribution in [0.5, 0.6) is 5.75 Å². The summed E-state index contributed by atoms with van der Waals surface area (Å²) >= 11 is 6.46. The van der Waals surface area contributed by atoms with Gasteiger partial charge in [-0.25, -0.2) is 4.79 Å². The van der Waals surface area contributed by atoms with Crippen LogP contribution in [0.4, 0.5) is 10.5 Å². The Kier molecular flexibility index (Phi) is 10.8. The van der Waals surface area contributed by atoms with Crippen molar-refractivity contribution >= 4 is 39.8 Å². The minimum atomic E-state index is -2.51. The molecule has 2 aliphatic carbocycles. The maximum absolute atomic E-state index is 13.9. The fourth-order valence-corrected chi connectivity index (χ4v) is 9.51. The second-order valence-electron chi connectivity index (χ2n) is 14.8. The Balaban J connectivity index is 1.23. The average Bonchev–Trinajstić information content (AvgIpc) is 3.52. The number of hydrogen-bond acceptors (Lipinski definition) is 7. The second kappa shape index (κ2) is 15.2. The molecule has 3 heterocycles. The third-order valence-electron chi connectivity index (χ3n) is 11.5. The molecule has 3 amide bonds. The predicted octanol–water partition coefficient (Wildman–Crippen LogP) is 6.31. The van der Waals surface area contributed by atoms with Crippen molar-refractivity contribution in [1.82, 2.24) is 10.6 Å². The molecule has 2 aromatic carbocycles. The van der Waals surface area contributed by atoms with Gasteiger partial charge in [0.1, 0.15) is 11.1 Å². The van der Waals surface area contributed by atoms with E-state index < -0.39 is 27.9 Å². The summed E-state index contributed by atoms with van der Waals surface area (Å²) in [6.45, 7) is 5.21. The summed E-state index contributed by atoms with van der Waals surface area (Å²) in [7, 11) is -0.752. The number of fused-ring (bicyclic) bond motifs is 3. The first-order valence-corrected chi connectivity index (χ1v) is 19.7. The van der Waals surface area contributed by atoms with Crippen LogP contribution in [0.25, 0.3) is 0 Å². The van der Waals surface area contributed by atoms with Crippen LogP contribution in [0, 0.1) is 23.2 Å². The quantitative estimate of drug-likeness (QED) is 0.251. The van der Waals surface area contributed by atoms with Crippen LogP contribution in [0.1, 0.15) is 73.4 Å². The van der Waals surface area contributed by atoms with Crippen LogP contribution in [-0.2, 0) is 33.0 Å². The van der Waals surface area contributed by atoms with E-state index in [2.05, 4.69) is 44.2 Å². The van der Waals surface area contributed by atoms with Crippen LogP contribution in [0.3, 0.4) is 0 Å². The number of anilines is 1. The van der Waals surface area contributed by atoms with Crippen molar-refractivity contribution < 1.29 is 28.0 Å². The lowest BCUT2D eigenvalue weighted by Crippen LogP contribution is -2.47. The predicted molar refractivity (Wildman–Crippen MR) is 195 cm³/mol. The smallest absolute Gasteiger partial charge is 0.316 e. The van der Waals surface area contributed by atoms with Crippen LogP contribution in [0.2, 0.25) is 5.02 Å². The number of halogens is 1. The van der Waals surface area contributed by atoms with E-state index >= 15 is 0 Å². The highest BCUT2D eigenvalue weighted by atomic mass is 35.5. The lowest BCUT2D eigenvalue weighted by molar-refractivity contribution is 0.0133. The van der Waals surface area contributed by atoms with Crippen LogP contribution in [-0.4, -0.2) is 67.1 Å². The van der Waals surface area contributed by atoms with Crippen molar-refractivity contribution in [1.29, 1.82) is 0 Å². The number of rotatable bonds is 3. The summed E-state index contributed by atoms with van der Waals surface area (Å²) in [5.41, 5.74) is 3.57. The molecule has 12 heteroatoms. The molecule has 5 aliphatic rings. The standard InChI is InChI=1S/C38H49ClN4O6S/c1-24-6-5-8-32(47-2)30-13-10-28(30)22-43-21-27-9-12-29(39)18-25(27)7-3-4-16-49-33-14-11-26(19-31(33)43)35(44)42-50(46)36(24)41-37(45)40-34-20-38(34)15-17-48-23-38/h5,8-9,11-12,14,18-19,24,28,30,32,34,36,50H,3-4,6-7,10,13,15-17,20-23H2,1-2H3,(H2,40,41,45)/b8-5+/t24-,28-,30+,32-,34+,36?,38?/m0/s1. The average molecular weight is 725 g/mol. The molecule has 2 N–H and O–H groups in total.